The molecule has 1 aliphatic carbocycles. The topological polar surface area (TPSA) is 61.4 Å². The van der Waals surface area contributed by atoms with Crippen molar-refractivity contribution in [3.8, 4) is 5.75 Å². The van der Waals surface area contributed by atoms with Gasteiger partial charge in [0.15, 0.2) is 0 Å². The van der Waals surface area contributed by atoms with E-state index in [1.165, 1.54) is 27.9 Å². The molecule has 0 spiro atoms. The molecule has 3 aromatic heterocycles. The van der Waals surface area contributed by atoms with Crippen molar-refractivity contribution in [3.05, 3.63) is 93.5 Å². The highest BCUT2D eigenvalue weighted by Crippen LogP contribution is 2.33. The summed E-state index contributed by atoms with van der Waals surface area (Å²) in [5.74, 6) is 0.860. The molecular weight excluding hydrogens is 444 g/mol. The second-order valence-electron chi connectivity index (χ2n) is 8.49. The van der Waals surface area contributed by atoms with Crippen LogP contribution in [0.1, 0.15) is 28.8 Å². The Bertz CT molecular complexity index is 1560. The van der Waals surface area contributed by atoms with Crippen molar-refractivity contribution < 1.29 is 4.74 Å². The average Bonchev–Trinajstić information content (AvgIpc) is 3.43. The first kappa shape index (κ1) is 20.9. The number of thiophene rings is 1. The van der Waals surface area contributed by atoms with Gasteiger partial charge in [-0.25, -0.2) is 4.98 Å². The summed E-state index contributed by atoms with van der Waals surface area (Å²) in [4.78, 5) is 19.9. The highest BCUT2D eigenvalue weighted by atomic mass is 32.1. The molecule has 1 aliphatic rings. The number of hydrogen-bond acceptors (Lipinski definition) is 5. The number of nitrogens with zero attached hydrogens (tertiary/aromatic N) is 4. The van der Waals surface area contributed by atoms with Crippen LogP contribution in [0, 0.1) is 0 Å². The van der Waals surface area contributed by atoms with Crippen LogP contribution in [0.5, 0.6) is 5.75 Å². The van der Waals surface area contributed by atoms with E-state index < -0.39 is 0 Å². The normalized spacial score (nSPS) is 13.6. The van der Waals surface area contributed by atoms with Crippen LogP contribution >= 0.6 is 11.3 Å². The average molecular weight is 469 g/mol. The molecule has 0 saturated carbocycles. The molecular formula is C27H24N4O2S. The van der Waals surface area contributed by atoms with Crippen molar-refractivity contribution in [3.63, 3.8) is 0 Å². The van der Waals surface area contributed by atoms with Crippen molar-refractivity contribution in [2.45, 2.75) is 32.2 Å². The van der Waals surface area contributed by atoms with Gasteiger partial charge in [-0.3, -0.25) is 4.79 Å². The second kappa shape index (κ2) is 8.91. The second-order valence-corrected chi connectivity index (χ2v) is 9.57. The number of hydrogen-bond donors (Lipinski definition) is 0. The van der Waals surface area contributed by atoms with Crippen LogP contribution in [0.3, 0.4) is 0 Å². The molecule has 0 amide bonds. The predicted molar refractivity (Wildman–Crippen MR) is 137 cm³/mol. The van der Waals surface area contributed by atoms with Gasteiger partial charge in [0.2, 0.25) is 0 Å². The van der Waals surface area contributed by atoms with E-state index in [4.69, 9.17) is 4.74 Å². The molecule has 0 N–H and O–H groups in total. The minimum Gasteiger partial charge on any atom is -0.492 e. The third-order valence-corrected chi connectivity index (χ3v) is 7.54. The summed E-state index contributed by atoms with van der Waals surface area (Å²) < 4.78 is 9.42. The minimum absolute atomic E-state index is 0.0827. The fourth-order valence-electron chi connectivity index (χ4n) is 4.69. The first-order chi connectivity index (χ1) is 16.8. The minimum atomic E-state index is -0.0827. The molecule has 3 heterocycles. The van der Waals surface area contributed by atoms with E-state index in [-0.39, 0.29) is 5.56 Å². The lowest BCUT2D eigenvalue weighted by Crippen LogP contribution is -2.18. The van der Waals surface area contributed by atoms with Crippen LogP contribution in [-0.2, 0) is 19.4 Å². The van der Waals surface area contributed by atoms with Gasteiger partial charge in [-0.05, 0) is 49.4 Å². The molecule has 6 nitrogen and oxygen atoms in total. The lowest BCUT2D eigenvalue weighted by atomic mass is 9.97. The number of aromatic nitrogens is 3. The molecule has 7 heteroatoms. The third kappa shape index (κ3) is 3.82. The van der Waals surface area contributed by atoms with E-state index in [0.717, 1.165) is 51.7 Å². The van der Waals surface area contributed by atoms with Gasteiger partial charge >= 0.3 is 0 Å². The van der Waals surface area contributed by atoms with E-state index in [2.05, 4.69) is 33.0 Å². The Labute approximate surface area is 200 Å². The zero-order valence-electron chi connectivity index (χ0n) is 18.7. The van der Waals surface area contributed by atoms with Crippen LogP contribution in [0.2, 0.25) is 0 Å². The van der Waals surface area contributed by atoms with Crippen LogP contribution in [0.15, 0.2) is 77.0 Å². The highest BCUT2D eigenvalue weighted by Gasteiger charge is 2.20. The number of fused-ring (bicyclic) bond motifs is 4. The fraction of sp³-hybridized carbons (Fsp3) is 0.222. The van der Waals surface area contributed by atoms with Crippen molar-refractivity contribution in [2.75, 3.05) is 6.61 Å². The first-order valence-electron chi connectivity index (χ1n) is 11.6. The summed E-state index contributed by atoms with van der Waals surface area (Å²) in [6.07, 6.45) is 9.67. The lowest BCUT2D eigenvalue weighted by Gasteiger charge is -2.09. The maximum atomic E-state index is 13.2. The summed E-state index contributed by atoms with van der Waals surface area (Å²) in [5.41, 5.74) is 3.16. The molecule has 2 aromatic carbocycles. The van der Waals surface area contributed by atoms with Gasteiger partial charge < -0.3 is 9.30 Å². The zero-order valence-corrected chi connectivity index (χ0v) is 19.5. The first-order valence-corrected chi connectivity index (χ1v) is 12.4. The van der Waals surface area contributed by atoms with E-state index in [1.54, 1.807) is 17.6 Å². The van der Waals surface area contributed by atoms with Crippen LogP contribution in [0.25, 0.3) is 21.1 Å². The maximum Gasteiger partial charge on any atom is 0.282 e. The quantitative estimate of drug-likeness (QED) is 0.320. The van der Waals surface area contributed by atoms with E-state index in [9.17, 15) is 4.79 Å². The predicted octanol–water partition coefficient (Wildman–Crippen LogP) is 5.25. The highest BCUT2D eigenvalue weighted by molar-refractivity contribution is 7.18. The SMILES string of the molecule is O=c1c2c3c(sc2ncn1/N=C/c1cn(CCOc2ccccc2)c2ccccc12)CCCC3. The van der Waals surface area contributed by atoms with Crippen molar-refractivity contribution in [2.24, 2.45) is 5.10 Å². The summed E-state index contributed by atoms with van der Waals surface area (Å²) in [5, 5.41) is 6.36. The standard InChI is InChI=1S/C27H24N4O2S/c32-27-25-22-11-5-7-13-24(22)34-26(25)28-18-31(27)29-16-19-17-30(23-12-6-4-10-21(19)23)14-15-33-20-8-2-1-3-9-20/h1-4,6,8-10,12,16-18H,5,7,11,13-15H2/b29-16+. The van der Waals surface area contributed by atoms with Crippen LogP contribution in [0.4, 0.5) is 0 Å². The Morgan fingerprint density at radius 3 is 2.79 bits per heavy atom. The molecule has 0 bridgehead atoms. The molecule has 0 aliphatic heterocycles. The molecule has 0 saturated heterocycles. The molecule has 170 valence electrons. The molecule has 5 aromatic rings. The van der Waals surface area contributed by atoms with E-state index in [0.29, 0.717) is 13.2 Å². The Hall–Kier alpha value is -3.71. The van der Waals surface area contributed by atoms with Crippen molar-refractivity contribution in [1.29, 1.82) is 0 Å². The van der Waals surface area contributed by atoms with E-state index in [1.807, 2.05) is 42.5 Å². The molecule has 34 heavy (non-hydrogen) atoms. The zero-order chi connectivity index (χ0) is 22.9. The summed E-state index contributed by atoms with van der Waals surface area (Å²) in [6, 6.07) is 18.0. The molecule has 0 unspecified atom stereocenters. The largest absolute Gasteiger partial charge is 0.492 e. The molecule has 0 fully saturated rings. The van der Waals surface area contributed by atoms with Gasteiger partial charge in [-0.1, -0.05) is 36.4 Å². The Morgan fingerprint density at radius 2 is 1.88 bits per heavy atom. The number of benzene rings is 2. The third-order valence-electron chi connectivity index (χ3n) is 6.34. The molecule has 0 radical (unpaired) electrons. The monoisotopic (exact) mass is 468 g/mol. The number of para-hydroxylation sites is 2. The Balaban J connectivity index is 1.30. The summed E-state index contributed by atoms with van der Waals surface area (Å²) in [6.45, 7) is 1.26. The van der Waals surface area contributed by atoms with Gasteiger partial charge in [-0.15, -0.1) is 11.3 Å². The summed E-state index contributed by atoms with van der Waals surface area (Å²) in [7, 11) is 0. The Morgan fingerprint density at radius 1 is 1.06 bits per heavy atom. The van der Waals surface area contributed by atoms with Crippen molar-refractivity contribution >= 4 is 38.7 Å². The van der Waals surface area contributed by atoms with Gasteiger partial charge in [0.05, 0.1) is 18.1 Å². The van der Waals surface area contributed by atoms with Crippen LogP contribution in [-0.4, -0.2) is 27.0 Å². The number of ether oxygens (including phenoxy) is 1. The molecule has 0 atom stereocenters. The van der Waals surface area contributed by atoms with Gasteiger partial charge in [0, 0.05) is 27.5 Å². The van der Waals surface area contributed by atoms with Gasteiger partial charge in [-0.2, -0.15) is 9.78 Å². The van der Waals surface area contributed by atoms with Crippen molar-refractivity contribution in [1.82, 2.24) is 14.2 Å². The van der Waals surface area contributed by atoms with E-state index >= 15 is 0 Å². The fourth-order valence-corrected chi connectivity index (χ4v) is 5.90. The van der Waals surface area contributed by atoms with Gasteiger partial charge in [0.25, 0.3) is 5.56 Å². The van der Waals surface area contributed by atoms with Gasteiger partial charge in [0.1, 0.15) is 23.5 Å². The number of rotatable bonds is 6. The smallest absolute Gasteiger partial charge is 0.282 e. The summed E-state index contributed by atoms with van der Waals surface area (Å²) >= 11 is 1.66. The molecule has 6 rings (SSSR count). The lowest BCUT2D eigenvalue weighted by molar-refractivity contribution is 0.300. The van der Waals surface area contributed by atoms with Crippen LogP contribution < -0.4 is 10.3 Å². The Kier molecular flexibility index (Phi) is 5.47. The maximum absolute atomic E-state index is 13.2. The number of aryl methyl sites for hydroxylation is 2.